The summed E-state index contributed by atoms with van der Waals surface area (Å²) in [6.45, 7) is 0.881. The highest BCUT2D eigenvalue weighted by molar-refractivity contribution is 5.85. The smallest absolute Gasteiger partial charge is 0.326 e. The number of aliphatic carboxylic acids is 1. The second-order valence-corrected chi connectivity index (χ2v) is 5.81. The third-order valence-corrected chi connectivity index (χ3v) is 4.45. The Balaban J connectivity index is 1.68. The number of benzene rings is 1. The minimum Gasteiger partial charge on any atom is -0.480 e. The van der Waals surface area contributed by atoms with E-state index >= 15 is 0 Å². The number of likely N-dealkylation sites (tertiary alicyclic amines) is 1. The first kappa shape index (κ1) is 15.6. The van der Waals surface area contributed by atoms with Crippen LogP contribution in [-0.4, -0.2) is 52.3 Å². The van der Waals surface area contributed by atoms with Crippen molar-refractivity contribution in [2.24, 2.45) is 0 Å². The molecule has 0 saturated carbocycles. The summed E-state index contributed by atoms with van der Waals surface area (Å²) >= 11 is 0. The standard InChI is InChI=1S/C17H20N2O4/c1-23-13-10-15(17(21)22)19(11-13)16(20)7-9-18-8-6-12-4-2-3-5-14(12)18/h2-6,8,13,15H,7,9-11H2,1H3,(H,21,22). The van der Waals surface area contributed by atoms with Crippen molar-refractivity contribution in [3.63, 3.8) is 0 Å². The molecule has 1 aliphatic rings. The number of carboxylic acid groups (broad SMARTS) is 1. The van der Waals surface area contributed by atoms with Crippen LogP contribution >= 0.6 is 0 Å². The van der Waals surface area contributed by atoms with Crippen LogP contribution in [-0.2, 0) is 20.9 Å². The third kappa shape index (κ3) is 3.07. The number of aryl methyl sites for hydroxylation is 1. The number of amides is 1. The van der Waals surface area contributed by atoms with E-state index in [4.69, 9.17) is 4.74 Å². The number of aromatic nitrogens is 1. The van der Waals surface area contributed by atoms with Crippen LogP contribution in [0.1, 0.15) is 12.8 Å². The molecule has 2 unspecified atom stereocenters. The van der Waals surface area contributed by atoms with Gasteiger partial charge in [-0.3, -0.25) is 4.79 Å². The lowest BCUT2D eigenvalue weighted by atomic mass is 10.2. The number of fused-ring (bicyclic) bond motifs is 1. The Morgan fingerprint density at radius 3 is 2.83 bits per heavy atom. The summed E-state index contributed by atoms with van der Waals surface area (Å²) in [7, 11) is 1.55. The Morgan fingerprint density at radius 2 is 2.09 bits per heavy atom. The zero-order chi connectivity index (χ0) is 16.4. The van der Waals surface area contributed by atoms with E-state index in [2.05, 4.69) is 0 Å². The van der Waals surface area contributed by atoms with Crippen LogP contribution in [0.3, 0.4) is 0 Å². The summed E-state index contributed by atoms with van der Waals surface area (Å²) in [6, 6.07) is 9.20. The molecule has 2 atom stereocenters. The fourth-order valence-corrected chi connectivity index (χ4v) is 3.17. The van der Waals surface area contributed by atoms with Crippen LogP contribution < -0.4 is 0 Å². The quantitative estimate of drug-likeness (QED) is 0.912. The minimum absolute atomic E-state index is 0.144. The molecule has 2 aromatic rings. The molecule has 1 fully saturated rings. The molecule has 1 aromatic carbocycles. The number of ether oxygens (including phenoxy) is 1. The van der Waals surface area contributed by atoms with Crippen molar-refractivity contribution in [1.82, 2.24) is 9.47 Å². The van der Waals surface area contributed by atoms with Gasteiger partial charge < -0.3 is 19.3 Å². The molecule has 1 N–H and O–H groups in total. The number of carbonyl (C=O) groups is 2. The van der Waals surface area contributed by atoms with Crippen LogP contribution in [0.15, 0.2) is 36.5 Å². The van der Waals surface area contributed by atoms with Crippen molar-refractivity contribution in [1.29, 1.82) is 0 Å². The summed E-state index contributed by atoms with van der Waals surface area (Å²) in [5.74, 6) is -1.11. The lowest BCUT2D eigenvalue weighted by Gasteiger charge is -2.21. The maximum absolute atomic E-state index is 12.4. The van der Waals surface area contributed by atoms with E-state index in [1.165, 1.54) is 4.90 Å². The predicted octanol–water partition coefficient (Wildman–Crippen LogP) is 1.73. The largest absolute Gasteiger partial charge is 0.480 e. The number of para-hydroxylation sites is 1. The number of carbonyl (C=O) groups excluding carboxylic acids is 1. The molecule has 0 radical (unpaired) electrons. The zero-order valence-corrected chi connectivity index (χ0v) is 13.0. The average Bonchev–Trinajstić information content (AvgIpc) is 3.17. The second kappa shape index (κ2) is 6.42. The summed E-state index contributed by atoms with van der Waals surface area (Å²) in [4.78, 5) is 25.2. The maximum atomic E-state index is 12.4. The van der Waals surface area contributed by atoms with Crippen molar-refractivity contribution in [3.05, 3.63) is 36.5 Å². The molecule has 0 spiro atoms. The first-order chi connectivity index (χ1) is 11.1. The van der Waals surface area contributed by atoms with Gasteiger partial charge in [-0.05, 0) is 17.5 Å². The second-order valence-electron chi connectivity index (χ2n) is 5.81. The van der Waals surface area contributed by atoms with Crippen molar-refractivity contribution >= 4 is 22.8 Å². The molecule has 122 valence electrons. The van der Waals surface area contributed by atoms with Gasteiger partial charge in [0.1, 0.15) is 6.04 Å². The molecule has 2 heterocycles. The number of rotatable bonds is 5. The van der Waals surface area contributed by atoms with Gasteiger partial charge in [0.2, 0.25) is 5.91 Å². The van der Waals surface area contributed by atoms with Gasteiger partial charge in [0, 0.05) is 44.8 Å². The fourth-order valence-electron chi connectivity index (χ4n) is 3.17. The number of hydrogen-bond donors (Lipinski definition) is 1. The average molecular weight is 316 g/mol. The van der Waals surface area contributed by atoms with E-state index in [1.807, 2.05) is 41.1 Å². The van der Waals surface area contributed by atoms with Gasteiger partial charge >= 0.3 is 5.97 Å². The molecular weight excluding hydrogens is 296 g/mol. The summed E-state index contributed by atoms with van der Waals surface area (Å²) in [5, 5.41) is 10.4. The Kier molecular flexibility index (Phi) is 4.34. The lowest BCUT2D eigenvalue weighted by molar-refractivity contribution is -0.148. The van der Waals surface area contributed by atoms with Gasteiger partial charge in [0.05, 0.1) is 6.10 Å². The Morgan fingerprint density at radius 1 is 1.30 bits per heavy atom. The molecule has 1 amide bonds. The summed E-state index contributed by atoms with van der Waals surface area (Å²) in [6.07, 6.45) is 2.38. The fraction of sp³-hybridized carbons (Fsp3) is 0.412. The normalized spacial score (nSPS) is 21.0. The Labute approximate surface area is 134 Å². The monoisotopic (exact) mass is 316 g/mol. The Bertz CT molecular complexity index is 724. The molecule has 3 rings (SSSR count). The molecule has 1 saturated heterocycles. The number of methoxy groups -OCH3 is 1. The van der Waals surface area contributed by atoms with Crippen LogP contribution in [0.25, 0.3) is 10.9 Å². The van der Waals surface area contributed by atoms with Crippen LogP contribution in [0.2, 0.25) is 0 Å². The first-order valence-electron chi connectivity index (χ1n) is 7.69. The van der Waals surface area contributed by atoms with Crippen molar-refractivity contribution in [2.75, 3.05) is 13.7 Å². The molecule has 6 nitrogen and oxygen atoms in total. The molecule has 0 bridgehead atoms. The highest BCUT2D eigenvalue weighted by atomic mass is 16.5. The van der Waals surface area contributed by atoms with E-state index in [0.717, 1.165) is 10.9 Å². The third-order valence-electron chi connectivity index (χ3n) is 4.45. The molecule has 23 heavy (non-hydrogen) atoms. The van der Waals surface area contributed by atoms with Gasteiger partial charge in [0.25, 0.3) is 0 Å². The molecular formula is C17H20N2O4. The molecule has 0 aliphatic carbocycles. The van der Waals surface area contributed by atoms with Crippen LogP contribution in [0.4, 0.5) is 0 Å². The van der Waals surface area contributed by atoms with E-state index < -0.39 is 12.0 Å². The predicted molar refractivity (Wildman–Crippen MR) is 85.1 cm³/mol. The summed E-state index contributed by atoms with van der Waals surface area (Å²) < 4.78 is 7.24. The van der Waals surface area contributed by atoms with Gasteiger partial charge in [-0.2, -0.15) is 0 Å². The topological polar surface area (TPSA) is 71.8 Å². The van der Waals surface area contributed by atoms with Crippen molar-refractivity contribution in [2.45, 2.75) is 31.5 Å². The number of carboxylic acids is 1. The molecule has 6 heteroatoms. The van der Waals surface area contributed by atoms with E-state index in [-0.39, 0.29) is 18.4 Å². The lowest BCUT2D eigenvalue weighted by Crippen LogP contribution is -2.40. The van der Waals surface area contributed by atoms with Crippen molar-refractivity contribution in [3.8, 4) is 0 Å². The van der Waals surface area contributed by atoms with Gasteiger partial charge in [-0.15, -0.1) is 0 Å². The SMILES string of the molecule is COC1CC(C(=O)O)N(C(=O)CCn2ccc3ccccc32)C1. The Hall–Kier alpha value is -2.34. The minimum atomic E-state index is -0.968. The zero-order valence-electron chi connectivity index (χ0n) is 13.0. The van der Waals surface area contributed by atoms with E-state index in [9.17, 15) is 14.7 Å². The maximum Gasteiger partial charge on any atom is 0.326 e. The van der Waals surface area contributed by atoms with Crippen molar-refractivity contribution < 1.29 is 19.4 Å². The van der Waals surface area contributed by atoms with Crippen LogP contribution in [0.5, 0.6) is 0 Å². The van der Waals surface area contributed by atoms with E-state index in [1.54, 1.807) is 7.11 Å². The molecule has 1 aromatic heterocycles. The first-order valence-corrected chi connectivity index (χ1v) is 7.69. The van der Waals surface area contributed by atoms with Crippen LogP contribution in [0, 0.1) is 0 Å². The number of nitrogens with zero attached hydrogens (tertiary/aromatic N) is 2. The van der Waals surface area contributed by atoms with E-state index in [0.29, 0.717) is 19.5 Å². The van der Waals surface area contributed by atoms with Gasteiger partial charge in [-0.1, -0.05) is 18.2 Å². The number of hydrogen-bond acceptors (Lipinski definition) is 3. The molecule has 1 aliphatic heterocycles. The highest BCUT2D eigenvalue weighted by Gasteiger charge is 2.39. The highest BCUT2D eigenvalue weighted by Crippen LogP contribution is 2.22. The summed E-state index contributed by atoms with van der Waals surface area (Å²) in [5.41, 5.74) is 1.08. The van der Waals surface area contributed by atoms with Gasteiger partial charge in [0.15, 0.2) is 0 Å². The van der Waals surface area contributed by atoms with Gasteiger partial charge in [-0.25, -0.2) is 4.79 Å².